The van der Waals surface area contributed by atoms with Crippen LogP contribution in [0.15, 0.2) is 12.1 Å². The molecule has 0 aliphatic heterocycles. The van der Waals surface area contributed by atoms with Crippen LogP contribution < -0.4 is 5.32 Å². The normalized spacial score (nSPS) is 22.8. The second kappa shape index (κ2) is 4.66. The number of anilines is 1. The third-order valence-corrected chi connectivity index (χ3v) is 4.13. The smallest absolute Gasteiger partial charge is 0.160 e. The average molecular weight is 276 g/mol. The number of halogens is 3. The van der Waals surface area contributed by atoms with Crippen molar-refractivity contribution in [3.05, 3.63) is 28.0 Å². The minimum atomic E-state index is -0.551. The highest BCUT2D eigenvalue weighted by Gasteiger charge is 2.34. The van der Waals surface area contributed by atoms with Crippen LogP contribution in [0.25, 0.3) is 0 Å². The molecule has 0 bridgehead atoms. The van der Waals surface area contributed by atoms with Gasteiger partial charge in [0.1, 0.15) is 0 Å². The molecule has 4 heteroatoms. The maximum absolute atomic E-state index is 13.3. The van der Waals surface area contributed by atoms with Crippen molar-refractivity contribution >= 4 is 28.9 Å². The van der Waals surface area contributed by atoms with E-state index in [1.807, 2.05) is 0 Å². The zero-order valence-corrected chi connectivity index (χ0v) is 11.5. The van der Waals surface area contributed by atoms with E-state index in [2.05, 4.69) is 19.2 Å². The molecule has 1 aliphatic carbocycles. The van der Waals surface area contributed by atoms with Gasteiger partial charge in [-0.3, -0.25) is 0 Å². The van der Waals surface area contributed by atoms with Crippen LogP contribution in [-0.2, 0) is 0 Å². The Bertz CT molecular complexity index is 408. The van der Waals surface area contributed by atoms with Gasteiger partial charge in [0, 0.05) is 11.7 Å². The molecular formula is C13H16Cl2FN. The molecule has 2 rings (SSSR count). The first-order valence-electron chi connectivity index (χ1n) is 5.81. The molecule has 1 aromatic carbocycles. The Hall–Kier alpha value is -0.470. The monoisotopic (exact) mass is 275 g/mol. The average Bonchev–Trinajstić information content (AvgIpc) is 2.55. The van der Waals surface area contributed by atoms with Gasteiger partial charge in [-0.15, -0.1) is 0 Å². The Morgan fingerprint density at radius 3 is 2.35 bits per heavy atom. The van der Waals surface area contributed by atoms with E-state index in [1.54, 1.807) is 12.1 Å². The summed E-state index contributed by atoms with van der Waals surface area (Å²) in [6, 6.07) is 3.58. The molecule has 0 radical (unpaired) electrons. The Kier molecular flexibility index (Phi) is 3.55. The Balaban J connectivity index is 2.19. The van der Waals surface area contributed by atoms with Crippen molar-refractivity contribution in [3.8, 4) is 0 Å². The number of benzene rings is 1. The van der Waals surface area contributed by atoms with Crippen LogP contribution in [0, 0.1) is 11.2 Å². The highest BCUT2D eigenvalue weighted by atomic mass is 35.5. The number of hydrogen-bond donors (Lipinski definition) is 1. The lowest BCUT2D eigenvalue weighted by molar-refractivity contribution is 0.350. The van der Waals surface area contributed by atoms with Gasteiger partial charge >= 0.3 is 0 Å². The highest BCUT2D eigenvalue weighted by Crippen LogP contribution is 2.39. The second-order valence-electron chi connectivity index (χ2n) is 5.33. The molecule has 1 nitrogen and oxygen atoms in total. The molecule has 1 unspecified atom stereocenters. The lowest BCUT2D eigenvalue weighted by Crippen LogP contribution is -2.30. The van der Waals surface area contributed by atoms with Gasteiger partial charge in [0.15, 0.2) is 5.82 Å². The summed E-state index contributed by atoms with van der Waals surface area (Å²) < 4.78 is 13.3. The number of nitrogens with one attached hydrogen (secondary N) is 1. The first-order chi connectivity index (χ1) is 7.90. The third-order valence-electron chi connectivity index (χ3n) is 3.58. The van der Waals surface area contributed by atoms with Gasteiger partial charge in [0.25, 0.3) is 0 Å². The molecule has 1 atom stereocenters. The van der Waals surface area contributed by atoms with Crippen molar-refractivity contribution in [2.75, 3.05) is 5.32 Å². The lowest BCUT2D eigenvalue weighted by Gasteiger charge is -2.28. The molecule has 0 saturated heterocycles. The van der Waals surface area contributed by atoms with Gasteiger partial charge < -0.3 is 5.32 Å². The van der Waals surface area contributed by atoms with Gasteiger partial charge in [-0.1, -0.05) is 43.5 Å². The molecule has 0 spiro atoms. The van der Waals surface area contributed by atoms with Crippen LogP contribution in [0.2, 0.25) is 10.0 Å². The zero-order chi connectivity index (χ0) is 12.6. The Morgan fingerprint density at radius 2 is 1.88 bits per heavy atom. The molecule has 1 saturated carbocycles. The summed E-state index contributed by atoms with van der Waals surface area (Å²) in [5, 5.41) is 3.54. The molecule has 0 amide bonds. The van der Waals surface area contributed by atoms with E-state index in [4.69, 9.17) is 23.2 Å². The van der Waals surface area contributed by atoms with Gasteiger partial charge in [0.05, 0.1) is 10.0 Å². The van der Waals surface area contributed by atoms with Crippen LogP contribution >= 0.6 is 23.2 Å². The minimum absolute atomic E-state index is 0.0656. The summed E-state index contributed by atoms with van der Waals surface area (Å²) in [6.45, 7) is 4.48. The SMILES string of the molecule is CC1(C)CCCC1Nc1cc(Cl)c(F)c(Cl)c1. The Labute approximate surface area is 111 Å². The van der Waals surface area contributed by atoms with E-state index in [-0.39, 0.29) is 15.5 Å². The molecule has 0 heterocycles. The molecule has 1 aromatic rings. The Morgan fingerprint density at radius 1 is 1.29 bits per heavy atom. The van der Waals surface area contributed by atoms with Crippen LogP contribution in [0.5, 0.6) is 0 Å². The van der Waals surface area contributed by atoms with Crippen molar-refractivity contribution in [1.82, 2.24) is 0 Å². The largest absolute Gasteiger partial charge is 0.382 e. The molecule has 94 valence electrons. The molecule has 1 aliphatic rings. The first kappa shape index (κ1) is 13.0. The second-order valence-corrected chi connectivity index (χ2v) is 6.15. The number of hydrogen-bond acceptors (Lipinski definition) is 1. The van der Waals surface area contributed by atoms with Crippen molar-refractivity contribution in [1.29, 1.82) is 0 Å². The molecule has 1 fully saturated rings. The van der Waals surface area contributed by atoms with E-state index < -0.39 is 5.82 Å². The zero-order valence-electron chi connectivity index (χ0n) is 9.99. The summed E-state index contributed by atoms with van der Waals surface area (Å²) in [5.74, 6) is -0.551. The fraction of sp³-hybridized carbons (Fsp3) is 0.538. The van der Waals surface area contributed by atoms with Crippen molar-refractivity contribution in [2.24, 2.45) is 5.41 Å². The molecular weight excluding hydrogens is 260 g/mol. The van der Waals surface area contributed by atoms with Crippen LogP contribution in [0.3, 0.4) is 0 Å². The number of rotatable bonds is 2. The fourth-order valence-corrected chi connectivity index (χ4v) is 2.92. The lowest BCUT2D eigenvalue weighted by atomic mass is 9.87. The van der Waals surface area contributed by atoms with Crippen molar-refractivity contribution in [2.45, 2.75) is 39.2 Å². The van der Waals surface area contributed by atoms with Crippen molar-refractivity contribution < 1.29 is 4.39 Å². The molecule has 1 N–H and O–H groups in total. The molecule has 0 aromatic heterocycles. The maximum atomic E-state index is 13.3. The summed E-state index contributed by atoms with van der Waals surface area (Å²) in [5.41, 5.74) is 1.05. The third kappa shape index (κ3) is 2.69. The first-order valence-corrected chi connectivity index (χ1v) is 6.57. The summed E-state index contributed by atoms with van der Waals surface area (Å²) in [7, 11) is 0. The van der Waals surface area contributed by atoms with Gasteiger partial charge in [-0.2, -0.15) is 0 Å². The van der Waals surface area contributed by atoms with E-state index in [1.165, 1.54) is 12.8 Å². The minimum Gasteiger partial charge on any atom is -0.382 e. The van der Waals surface area contributed by atoms with Crippen LogP contribution in [0.1, 0.15) is 33.1 Å². The standard InChI is InChI=1S/C13H16Cl2FN/c1-13(2)5-3-4-11(13)17-8-6-9(14)12(16)10(15)7-8/h6-7,11,17H,3-5H2,1-2H3. The van der Waals surface area contributed by atoms with E-state index in [9.17, 15) is 4.39 Å². The van der Waals surface area contributed by atoms with Gasteiger partial charge in [-0.25, -0.2) is 4.39 Å². The summed E-state index contributed by atoms with van der Waals surface area (Å²) >= 11 is 11.6. The topological polar surface area (TPSA) is 12.0 Å². The predicted octanol–water partition coefficient (Wildman–Crippen LogP) is 5.12. The molecule has 17 heavy (non-hydrogen) atoms. The van der Waals surface area contributed by atoms with Gasteiger partial charge in [0.2, 0.25) is 0 Å². The van der Waals surface area contributed by atoms with Gasteiger partial charge in [-0.05, 0) is 30.4 Å². The quantitative estimate of drug-likeness (QED) is 0.739. The van der Waals surface area contributed by atoms with Crippen molar-refractivity contribution in [3.63, 3.8) is 0 Å². The van der Waals surface area contributed by atoms with E-state index in [0.29, 0.717) is 6.04 Å². The fourth-order valence-electron chi connectivity index (χ4n) is 2.43. The van der Waals surface area contributed by atoms with Crippen LogP contribution in [-0.4, -0.2) is 6.04 Å². The summed E-state index contributed by atoms with van der Waals surface area (Å²) in [6.07, 6.45) is 3.54. The predicted molar refractivity (Wildman–Crippen MR) is 71.5 cm³/mol. The summed E-state index contributed by atoms with van der Waals surface area (Å²) in [4.78, 5) is 0. The maximum Gasteiger partial charge on any atom is 0.160 e. The van der Waals surface area contributed by atoms with E-state index >= 15 is 0 Å². The van der Waals surface area contributed by atoms with E-state index in [0.717, 1.165) is 12.1 Å². The highest BCUT2D eigenvalue weighted by molar-refractivity contribution is 6.35. The van der Waals surface area contributed by atoms with Crippen LogP contribution in [0.4, 0.5) is 10.1 Å².